The molecule has 0 radical (unpaired) electrons. The molecule has 7 heteroatoms. The monoisotopic (exact) mass is 301 g/mol. The predicted octanol–water partition coefficient (Wildman–Crippen LogP) is 0.901. The van der Waals surface area contributed by atoms with Crippen LogP contribution in [0.1, 0.15) is 33.6 Å². The van der Waals surface area contributed by atoms with E-state index in [2.05, 4.69) is 10.6 Å². The Labute approximate surface area is 126 Å². The fraction of sp³-hybridized carbons (Fsp3) is 0.786. The van der Waals surface area contributed by atoms with Gasteiger partial charge in [-0.3, -0.25) is 9.59 Å². The van der Waals surface area contributed by atoms with Crippen molar-refractivity contribution < 1.29 is 19.5 Å². The molecule has 1 unspecified atom stereocenters. The van der Waals surface area contributed by atoms with Crippen molar-refractivity contribution in [3.63, 3.8) is 0 Å². The third-order valence-electron chi connectivity index (χ3n) is 2.90. The standard InChI is InChI=1S/C14H27N3O4/c1-5-6-15-12(18)9-17(4)14(21)16-8-11(13(19)20)7-10(2)3/h10-11H,5-9H2,1-4H3,(H,15,18)(H,16,21)(H,19,20). The van der Waals surface area contributed by atoms with Crippen molar-refractivity contribution in [2.45, 2.75) is 33.6 Å². The molecule has 0 fully saturated rings. The maximum Gasteiger partial charge on any atom is 0.317 e. The van der Waals surface area contributed by atoms with Crippen LogP contribution in [-0.4, -0.2) is 54.6 Å². The van der Waals surface area contributed by atoms with Crippen LogP contribution in [0.5, 0.6) is 0 Å². The second-order valence-corrected chi connectivity index (χ2v) is 5.56. The molecule has 0 saturated carbocycles. The molecule has 3 N–H and O–H groups in total. The van der Waals surface area contributed by atoms with E-state index in [0.29, 0.717) is 13.0 Å². The Balaban J connectivity index is 4.21. The van der Waals surface area contributed by atoms with Crippen molar-refractivity contribution >= 4 is 17.9 Å². The second kappa shape index (κ2) is 10.0. The summed E-state index contributed by atoms with van der Waals surface area (Å²) in [5.41, 5.74) is 0. The first-order valence-electron chi connectivity index (χ1n) is 7.26. The van der Waals surface area contributed by atoms with Gasteiger partial charge in [0.05, 0.1) is 5.92 Å². The van der Waals surface area contributed by atoms with Gasteiger partial charge < -0.3 is 20.6 Å². The highest BCUT2D eigenvalue weighted by atomic mass is 16.4. The number of hydrogen-bond acceptors (Lipinski definition) is 3. The van der Waals surface area contributed by atoms with Crippen molar-refractivity contribution in [3.8, 4) is 0 Å². The highest BCUT2D eigenvalue weighted by Crippen LogP contribution is 2.11. The van der Waals surface area contributed by atoms with Crippen LogP contribution in [0.4, 0.5) is 4.79 Å². The maximum absolute atomic E-state index is 11.8. The number of amides is 3. The zero-order valence-electron chi connectivity index (χ0n) is 13.3. The van der Waals surface area contributed by atoms with Crippen LogP contribution in [0.25, 0.3) is 0 Å². The summed E-state index contributed by atoms with van der Waals surface area (Å²) < 4.78 is 0. The molecule has 3 amide bonds. The number of nitrogens with zero attached hydrogens (tertiary/aromatic N) is 1. The second-order valence-electron chi connectivity index (χ2n) is 5.56. The molecule has 0 aromatic rings. The van der Waals surface area contributed by atoms with Gasteiger partial charge in [-0.05, 0) is 18.8 Å². The summed E-state index contributed by atoms with van der Waals surface area (Å²) in [5.74, 6) is -1.53. The summed E-state index contributed by atoms with van der Waals surface area (Å²) in [6.45, 7) is 6.40. The molecule has 0 heterocycles. The molecule has 0 aromatic heterocycles. The number of carbonyl (C=O) groups is 3. The molecule has 21 heavy (non-hydrogen) atoms. The average Bonchev–Trinajstić information content (AvgIpc) is 2.39. The molecule has 0 aliphatic heterocycles. The minimum Gasteiger partial charge on any atom is -0.481 e. The summed E-state index contributed by atoms with van der Waals surface area (Å²) in [6.07, 6.45) is 1.33. The van der Waals surface area contributed by atoms with E-state index in [1.54, 1.807) is 0 Å². The number of urea groups is 1. The van der Waals surface area contributed by atoms with Crippen LogP contribution in [-0.2, 0) is 9.59 Å². The van der Waals surface area contributed by atoms with Gasteiger partial charge in [-0.2, -0.15) is 0 Å². The normalized spacial score (nSPS) is 11.9. The van der Waals surface area contributed by atoms with Crippen molar-refractivity contribution in [1.29, 1.82) is 0 Å². The van der Waals surface area contributed by atoms with E-state index in [1.807, 2.05) is 20.8 Å². The summed E-state index contributed by atoms with van der Waals surface area (Å²) >= 11 is 0. The van der Waals surface area contributed by atoms with Gasteiger partial charge >= 0.3 is 12.0 Å². The summed E-state index contributed by atoms with van der Waals surface area (Å²) in [7, 11) is 1.50. The molecular weight excluding hydrogens is 274 g/mol. The summed E-state index contributed by atoms with van der Waals surface area (Å²) in [4.78, 5) is 35.6. The Morgan fingerprint density at radius 3 is 2.29 bits per heavy atom. The zero-order valence-corrected chi connectivity index (χ0v) is 13.3. The fourth-order valence-electron chi connectivity index (χ4n) is 1.79. The Morgan fingerprint density at radius 2 is 1.81 bits per heavy atom. The zero-order chi connectivity index (χ0) is 16.4. The Kier molecular flexibility index (Phi) is 9.16. The number of nitrogens with one attached hydrogen (secondary N) is 2. The van der Waals surface area contributed by atoms with Crippen molar-refractivity contribution in [2.75, 3.05) is 26.7 Å². The van der Waals surface area contributed by atoms with Crippen LogP contribution in [0.2, 0.25) is 0 Å². The molecular formula is C14H27N3O4. The minimum atomic E-state index is -0.924. The van der Waals surface area contributed by atoms with Gasteiger partial charge in [0.25, 0.3) is 0 Å². The van der Waals surface area contributed by atoms with Crippen LogP contribution in [0.3, 0.4) is 0 Å². The lowest BCUT2D eigenvalue weighted by atomic mass is 9.97. The molecule has 0 bridgehead atoms. The van der Waals surface area contributed by atoms with Crippen LogP contribution in [0, 0.1) is 11.8 Å². The van der Waals surface area contributed by atoms with E-state index < -0.39 is 17.9 Å². The third-order valence-corrected chi connectivity index (χ3v) is 2.90. The SMILES string of the molecule is CCCNC(=O)CN(C)C(=O)NCC(CC(C)C)C(=O)O. The van der Waals surface area contributed by atoms with Gasteiger partial charge in [0.15, 0.2) is 0 Å². The van der Waals surface area contributed by atoms with Gasteiger partial charge in [0.1, 0.15) is 6.54 Å². The van der Waals surface area contributed by atoms with Crippen molar-refractivity contribution in [3.05, 3.63) is 0 Å². The third kappa shape index (κ3) is 8.88. The molecule has 1 atom stereocenters. The summed E-state index contributed by atoms with van der Waals surface area (Å²) in [5, 5.41) is 14.3. The number of carboxylic acids is 1. The largest absolute Gasteiger partial charge is 0.481 e. The van der Waals surface area contributed by atoms with Crippen LogP contribution >= 0.6 is 0 Å². The first-order valence-corrected chi connectivity index (χ1v) is 7.26. The molecule has 7 nitrogen and oxygen atoms in total. The average molecular weight is 301 g/mol. The smallest absolute Gasteiger partial charge is 0.317 e. The number of hydrogen-bond donors (Lipinski definition) is 3. The Hall–Kier alpha value is -1.79. The van der Waals surface area contributed by atoms with Gasteiger partial charge in [0.2, 0.25) is 5.91 Å². The molecule has 0 aliphatic carbocycles. The lowest BCUT2D eigenvalue weighted by Crippen LogP contribution is -2.45. The van der Waals surface area contributed by atoms with Crippen LogP contribution < -0.4 is 10.6 Å². The summed E-state index contributed by atoms with van der Waals surface area (Å²) in [6, 6.07) is -0.448. The Morgan fingerprint density at radius 1 is 1.19 bits per heavy atom. The van der Waals surface area contributed by atoms with Gasteiger partial charge in [-0.25, -0.2) is 4.79 Å². The molecule has 0 saturated heterocycles. The lowest BCUT2D eigenvalue weighted by molar-refractivity contribution is -0.142. The fourth-order valence-corrected chi connectivity index (χ4v) is 1.79. The van der Waals surface area contributed by atoms with E-state index in [1.165, 1.54) is 11.9 Å². The molecule has 0 aromatic carbocycles. The van der Waals surface area contributed by atoms with Crippen LogP contribution in [0.15, 0.2) is 0 Å². The maximum atomic E-state index is 11.8. The quantitative estimate of drug-likeness (QED) is 0.589. The van der Waals surface area contributed by atoms with E-state index in [4.69, 9.17) is 5.11 Å². The first kappa shape index (κ1) is 19.2. The number of aliphatic carboxylic acids is 1. The Bertz CT molecular complexity index is 358. The van der Waals surface area contributed by atoms with Crippen molar-refractivity contribution in [2.24, 2.45) is 11.8 Å². The topological polar surface area (TPSA) is 98.7 Å². The molecule has 0 rings (SSSR count). The molecule has 122 valence electrons. The lowest BCUT2D eigenvalue weighted by Gasteiger charge is -2.20. The van der Waals surface area contributed by atoms with E-state index in [0.717, 1.165) is 6.42 Å². The predicted molar refractivity (Wildman–Crippen MR) is 79.9 cm³/mol. The molecule has 0 spiro atoms. The van der Waals surface area contributed by atoms with Gasteiger partial charge in [0, 0.05) is 20.1 Å². The van der Waals surface area contributed by atoms with E-state index in [-0.39, 0.29) is 24.9 Å². The number of carbonyl (C=O) groups excluding carboxylic acids is 2. The number of rotatable bonds is 9. The molecule has 0 aliphatic rings. The number of likely N-dealkylation sites (N-methyl/N-ethyl adjacent to an activating group) is 1. The minimum absolute atomic E-state index is 0.0479. The van der Waals surface area contributed by atoms with E-state index in [9.17, 15) is 14.4 Å². The van der Waals surface area contributed by atoms with Gasteiger partial charge in [-0.1, -0.05) is 20.8 Å². The van der Waals surface area contributed by atoms with Gasteiger partial charge in [-0.15, -0.1) is 0 Å². The first-order chi connectivity index (χ1) is 9.77. The van der Waals surface area contributed by atoms with E-state index >= 15 is 0 Å². The highest BCUT2D eigenvalue weighted by Gasteiger charge is 2.21. The number of carboxylic acid groups (broad SMARTS) is 1. The highest BCUT2D eigenvalue weighted by molar-refractivity contribution is 5.84. The van der Waals surface area contributed by atoms with Crippen molar-refractivity contribution in [1.82, 2.24) is 15.5 Å².